The Bertz CT molecular complexity index is 108. The molecule has 2 saturated heterocycles. The van der Waals surface area contributed by atoms with Crippen molar-refractivity contribution in [1.82, 2.24) is 10.6 Å². The number of hydrogen-bond acceptors (Lipinski definition) is 1. The van der Waals surface area contributed by atoms with Gasteiger partial charge in [-0.05, 0) is 31.2 Å². The summed E-state index contributed by atoms with van der Waals surface area (Å²) in [5, 5.41) is 7.88. The molecule has 0 saturated carbocycles. The average Bonchev–Trinajstić information content (AvgIpc) is 2.39. The number of piperidine rings is 1. The molecule has 2 aliphatic heterocycles. The first-order valence-corrected chi connectivity index (χ1v) is 4.25. The van der Waals surface area contributed by atoms with E-state index >= 15 is 0 Å². The second kappa shape index (κ2) is 2.51. The fraction of sp³-hybridized carbons (Fsp3) is 1.00. The minimum atomic E-state index is 0.595. The van der Waals surface area contributed by atoms with Crippen molar-refractivity contribution in [3.05, 3.63) is 0 Å². The molecule has 2 rings (SSSR count). The van der Waals surface area contributed by atoms with Crippen molar-refractivity contribution in [2.45, 2.75) is 19.3 Å². The van der Waals surface area contributed by atoms with Crippen LogP contribution >= 0.6 is 0 Å². The molecule has 1 N–H and O–H groups in total. The lowest BCUT2D eigenvalue weighted by molar-refractivity contribution is 0.235. The molecule has 1 atom stereocenters. The summed E-state index contributed by atoms with van der Waals surface area (Å²) in [4.78, 5) is 0. The van der Waals surface area contributed by atoms with E-state index in [1.54, 1.807) is 0 Å². The molecule has 0 amide bonds. The van der Waals surface area contributed by atoms with Crippen LogP contribution in [0.15, 0.2) is 0 Å². The maximum Gasteiger partial charge on any atom is 0.0202 e. The van der Waals surface area contributed by atoms with Crippen LogP contribution in [-0.4, -0.2) is 26.2 Å². The van der Waals surface area contributed by atoms with E-state index in [2.05, 4.69) is 10.6 Å². The third kappa shape index (κ3) is 1.06. The zero-order valence-corrected chi connectivity index (χ0v) is 6.40. The summed E-state index contributed by atoms with van der Waals surface area (Å²) in [6.07, 6.45) is 4.10. The highest BCUT2D eigenvalue weighted by molar-refractivity contribution is 4.91. The minimum Gasteiger partial charge on any atom is -0.316 e. The van der Waals surface area contributed by atoms with Crippen molar-refractivity contribution < 1.29 is 0 Å². The Labute approximate surface area is 62.4 Å². The van der Waals surface area contributed by atoms with Crippen LogP contribution in [0.1, 0.15) is 19.3 Å². The van der Waals surface area contributed by atoms with E-state index < -0.39 is 0 Å². The Balaban J connectivity index is 1.98. The third-order valence-corrected chi connectivity index (χ3v) is 2.81. The Kier molecular flexibility index (Phi) is 1.66. The summed E-state index contributed by atoms with van der Waals surface area (Å²) in [5.74, 6) is 0. The van der Waals surface area contributed by atoms with Gasteiger partial charge in [0.1, 0.15) is 0 Å². The second-order valence-electron chi connectivity index (χ2n) is 3.64. The molecule has 2 fully saturated rings. The van der Waals surface area contributed by atoms with Crippen LogP contribution in [0.3, 0.4) is 0 Å². The average molecular weight is 139 g/mol. The predicted octanol–water partition coefficient (Wildman–Crippen LogP) is 0.364. The van der Waals surface area contributed by atoms with Crippen molar-refractivity contribution in [3.8, 4) is 0 Å². The maximum absolute atomic E-state index is 4.42. The Morgan fingerprint density at radius 1 is 1.30 bits per heavy atom. The molecule has 1 radical (unpaired) electrons. The SMILES string of the molecule is C1CNC[C@]2(C1)CC[N]C2. The third-order valence-electron chi connectivity index (χ3n) is 2.81. The molecule has 2 heteroatoms. The van der Waals surface area contributed by atoms with E-state index in [9.17, 15) is 0 Å². The number of nitrogens with zero attached hydrogens (tertiary/aromatic N) is 1. The van der Waals surface area contributed by atoms with Gasteiger partial charge in [-0.2, -0.15) is 0 Å². The van der Waals surface area contributed by atoms with Gasteiger partial charge in [0.05, 0.1) is 0 Å². The second-order valence-corrected chi connectivity index (χ2v) is 3.64. The van der Waals surface area contributed by atoms with Crippen molar-refractivity contribution in [2.24, 2.45) is 5.41 Å². The first kappa shape index (κ1) is 6.62. The number of rotatable bonds is 0. The van der Waals surface area contributed by atoms with Gasteiger partial charge in [0.2, 0.25) is 0 Å². The molecule has 57 valence electrons. The van der Waals surface area contributed by atoms with Crippen LogP contribution in [0.2, 0.25) is 0 Å². The fourth-order valence-corrected chi connectivity index (χ4v) is 2.09. The van der Waals surface area contributed by atoms with Crippen LogP contribution in [0.25, 0.3) is 0 Å². The van der Waals surface area contributed by atoms with Gasteiger partial charge in [0.15, 0.2) is 0 Å². The molecule has 0 aromatic carbocycles. The van der Waals surface area contributed by atoms with E-state index in [0.717, 1.165) is 13.1 Å². The van der Waals surface area contributed by atoms with Gasteiger partial charge >= 0.3 is 0 Å². The molecule has 0 aliphatic carbocycles. The molecule has 0 unspecified atom stereocenters. The highest BCUT2D eigenvalue weighted by atomic mass is 15.0. The van der Waals surface area contributed by atoms with Crippen LogP contribution in [0.4, 0.5) is 0 Å². The molecule has 10 heavy (non-hydrogen) atoms. The number of nitrogens with one attached hydrogen (secondary N) is 1. The quantitative estimate of drug-likeness (QED) is 0.515. The van der Waals surface area contributed by atoms with E-state index in [1.165, 1.54) is 32.4 Å². The maximum atomic E-state index is 4.42. The van der Waals surface area contributed by atoms with E-state index in [4.69, 9.17) is 0 Å². The Hall–Kier alpha value is -0.0800. The highest BCUT2D eigenvalue weighted by Gasteiger charge is 2.35. The van der Waals surface area contributed by atoms with Gasteiger partial charge in [-0.1, -0.05) is 0 Å². The molecule has 1 spiro atoms. The standard InChI is InChI=1S/C8H15N2/c1-2-8(6-9-4-1)3-5-10-7-8/h9H,1-7H2/t8-/m0/s1. The largest absolute Gasteiger partial charge is 0.316 e. The zero-order valence-electron chi connectivity index (χ0n) is 6.40. The zero-order chi connectivity index (χ0) is 6.86. The molecular weight excluding hydrogens is 124 g/mol. The van der Waals surface area contributed by atoms with E-state index in [0.29, 0.717) is 5.41 Å². The van der Waals surface area contributed by atoms with Crippen LogP contribution in [-0.2, 0) is 0 Å². The van der Waals surface area contributed by atoms with Gasteiger partial charge in [0, 0.05) is 19.6 Å². The summed E-state index contributed by atoms with van der Waals surface area (Å²) in [5.41, 5.74) is 0.595. The molecule has 0 aromatic heterocycles. The number of hydrogen-bond donors (Lipinski definition) is 1. The minimum absolute atomic E-state index is 0.595. The lowest BCUT2D eigenvalue weighted by Crippen LogP contribution is -2.40. The summed E-state index contributed by atoms with van der Waals surface area (Å²) in [6.45, 7) is 4.68. The van der Waals surface area contributed by atoms with Crippen molar-refractivity contribution >= 4 is 0 Å². The van der Waals surface area contributed by atoms with Gasteiger partial charge in [-0.15, -0.1) is 0 Å². The predicted molar refractivity (Wildman–Crippen MR) is 41.0 cm³/mol. The van der Waals surface area contributed by atoms with Crippen LogP contribution in [0, 0.1) is 5.41 Å². The Morgan fingerprint density at radius 2 is 2.30 bits per heavy atom. The molecular formula is C8H15N2. The van der Waals surface area contributed by atoms with Crippen LogP contribution < -0.4 is 10.6 Å². The normalized spacial score (nSPS) is 40.8. The molecule has 2 nitrogen and oxygen atoms in total. The monoisotopic (exact) mass is 139 g/mol. The highest BCUT2D eigenvalue weighted by Crippen LogP contribution is 2.32. The van der Waals surface area contributed by atoms with E-state index in [-0.39, 0.29) is 0 Å². The summed E-state index contributed by atoms with van der Waals surface area (Å²) in [6, 6.07) is 0. The lowest BCUT2D eigenvalue weighted by Gasteiger charge is -2.32. The topological polar surface area (TPSA) is 26.1 Å². The molecule has 2 aliphatic rings. The molecule has 0 aromatic rings. The summed E-state index contributed by atoms with van der Waals surface area (Å²) >= 11 is 0. The first-order valence-electron chi connectivity index (χ1n) is 4.25. The smallest absolute Gasteiger partial charge is 0.0202 e. The molecule has 2 heterocycles. The van der Waals surface area contributed by atoms with Crippen molar-refractivity contribution in [3.63, 3.8) is 0 Å². The van der Waals surface area contributed by atoms with Gasteiger partial charge in [-0.25, -0.2) is 5.32 Å². The molecule has 0 bridgehead atoms. The van der Waals surface area contributed by atoms with Crippen molar-refractivity contribution in [1.29, 1.82) is 0 Å². The van der Waals surface area contributed by atoms with Gasteiger partial charge in [0.25, 0.3) is 0 Å². The fourth-order valence-electron chi connectivity index (χ4n) is 2.09. The summed E-state index contributed by atoms with van der Waals surface area (Å²) < 4.78 is 0. The Morgan fingerprint density at radius 3 is 2.90 bits per heavy atom. The van der Waals surface area contributed by atoms with E-state index in [1.807, 2.05) is 0 Å². The first-order chi connectivity index (χ1) is 4.91. The summed E-state index contributed by atoms with van der Waals surface area (Å²) in [7, 11) is 0. The van der Waals surface area contributed by atoms with Crippen molar-refractivity contribution in [2.75, 3.05) is 26.2 Å². The van der Waals surface area contributed by atoms with Crippen LogP contribution in [0.5, 0.6) is 0 Å². The van der Waals surface area contributed by atoms with Gasteiger partial charge < -0.3 is 5.32 Å². The lowest BCUT2D eigenvalue weighted by atomic mass is 9.80. The van der Waals surface area contributed by atoms with Gasteiger partial charge in [-0.3, -0.25) is 0 Å².